The van der Waals surface area contributed by atoms with E-state index in [0.29, 0.717) is 12.3 Å². The maximum atomic E-state index is 12.2. The van der Waals surface area contributed by atoms with Crippen molar-refractivity contribution < 1.29 is 22.6 Å². The van der Waals surface area contributed by atoms with E-state index >= 15 is 0 Å². The van der Waals surface area contributed by atoms with Gasteiger partial charge in [0.15, 0.2) is 0 Å². The number of hydrogen-bond donors (Lipinski definition) is 1. The van der Waals surface area contributed by atoms with Gasteiger partial charge in [-0.1, -0.05) is 22.9 Å². The summed E-state index contributed by atoms with van der Waals surface area (Å²) >= 11 is 3.42. The van der Waals surface area contributed by atoms with E-state index in [4.69, 9.17) is 9.47 Å². The number of aryl methyl sites for hydroxylation is 1. The predicted molar refractivity (Wildman–Crippen MR) is 78.7 cm³/mol. The van der Waals surface area contributed by atoms with Crippen molar-refractivity contribution in [2.24, 2.45) is 0 Å². The summed E-state index contributed by atoms with van der Waals surface area (Å²) in [6, 6.07) is 3.32. The molecule has 0 spiro atoms. The van der Waals surface area contributed by atoms with Gasteiger partial charge in [-0.2, -0.15) is 13.2 Å². The molecule has 1 aromatic carbocycles. The van der Waals surface area contributed by atoms with Crippen molar-refractivity contribution >= 4 is 15.9 Å². The van der Waals surface area contributed by atoms with Gasteiger partial charge in [0, 0.05) is 10.0 Å². The Morgan fingerprint density at radius 3 is 2.52 bits per heavy atom. The topological polar surface area (TPSA) is 30.5 Å². The van der Waals surface area contributed by atoms with E-state index < -0.39 is 12.8 Å². The van der Waals surface area contributed by atoms with Gasteiger partial charge in [0.25, 0.3) is 0 Å². The third kappa shape index (κ3) is 5.84. The Bertz CT molecular complexity index is 466. The van der Waals surface area contributed by atoms with Gasteiger partial charge in [-0.25, -0.2) is 0 Å². The van der Waals surface area contributed by atoms with Crippen LogP contribution < -0.4 is 10.1 Å². The van der Waals surface area contributed by atoms with Crippen molar-refractivity contribution in [3.05, 3.63) is 27.7 Å². The van der Waals surface area contributed by atoms with Crippen LogP contribution in [0.5, 0.6) is 5.75 Å². The fourth-order valence-electron chi connectivity index (χ4n) is 1.92. The molecule has 0 saturated heterocycles. The lowest BCUT2D eigenvalue weighted by molar-refractivity contribution is -0.175. The zero-order valence-electron chi connectivity index (χ0n) is 12.2. The molecule has 0 amide bonds. The van der Waals surface area contributed by atoms with E-state index in [1.807, 2.05) is 26.0 Å². The number of alkyl halides is 3. The molecule has 0 aliphatic rings. The normalized spacial score (nSPS) is 13.3. The quantitative estimate of drug-likeness (QED) is 0.787. The SMILES string of the molecule is CCNC(COCC(F)(F)F)c1cc(Br)c(C)cc1OC. The minimum absolute atomic E-state index is 0.0841. The second-order valence-corrected chi connectivity index (χ2v) is 5.44. The molecule has 1 atom stereocenters. The molecule has 0 aliphatic carbocycles. The minimum atomic E-state index is -4.32. The molecule has 0 aromatic heterocycles. The maximum Gasteiger partial charge on any atom is 0.411 e. The van der Waals surface area contributed by atoms with Crippen LogP contribution in [-0.2, 0) is 4.74 Å². The van der Waals surface area contributed by atoms with Crippen molar-refractivity contribution in [1.29, 1.82) is 0 Å². The van der Waals surface area contributed by atoms with Gasteiger partial charge < -0.3 is 14.8 Å². The summed E-state index contributed by atoms with van der Waals surface area (Å²) < 4.78 is 47.5. The van der Waals surface area contributed by atoms with Crippen molar-refractivity contribution in [3.8, 4) is 5.75 Å². The smallest absolute Gasteiger partial charge is 0.411 e. The summed E-state index contributed by atoms with van der Waals surface area (Å²) in [5.41, 5.74) is 1.75. The highest BCUT2D eigenvalue weighted by atomic mass is 79.9. The Morgan fingerprint density at radius 1 is 1.33 bits per heavy atom. The monoisotopic (exact) mass is 369 g/mol. The first-order valence-electron chi connectivity index (χ1n) is 6.50. The van der Waals surface area contributed by atoms with Crippen molar-refractivity contribution in [1.82, 2.24) is 5.32 Å². The Hall–Kier alpha value is -0.790. The van der Waals surface area contributed by atoms with Gasteiger partial charge in [0.2, 0.25) is 0 Å². The third-order valence-corrected chi connectivity index (χ3v) is 3.74. The van der Waals surface area contributed by atoms with Crippen molar-refractivity contribution in [2.45, 2.75) is 26.1 Å². The van der Waals surface area contributed by atoms with Crippen molar-refractivity contribution in [2.75, 3.05) is 26.9 Å². The van der Waals surface area contributed by atoms with Crippen LogP contribution in [-0.4, -0.2) is 33.0 Å². The molecule has 3 nitrogen and oxygen atoms in total. The molecule has 1 aromatic rings. The summed E-state index contributed by atoms with van der Waals surface area (Å²) in [6.45, 7) is 3.06. The van der Waals surface area contributed by atoms with Crippen LogP contribution >= 0.6 is 15.9 Å². The van der Waals surface area contributed by atoms with Crippen LogP contribution in [0.25, 0.3) is 0 Å². The van der Waals surface area contributed by atoms with E-state index in [0.717, 1.165) is 15.6 Å². The minimum Gasteiger partial charge on any atom is -0.496 e. The Morgan fingerprint density at radius 2 is 2.00 bits per heavy atom. The van der Waals surface area contributed by atoms with E-state index in [-0.39, 0.29) is 12.6 Å². The zero-order valence-corrected chi connectivity index (χ0v) is 13.8. The third-order valence-electron chi connectivity index (χ3n) is 2.89. The summed E-state index contributed by atoms with van der Waals surface area (Å²) in [5.74, 6) is 0.622. The fourth-order valence-corrected chi connectivity index (χ4v) is 2.28. The first kappa shape index (κ1) is 18.3. The number of benzene rings is 1. The van der Waals surface area contributed by atoms with Gasteiger partial charge in [0.05, 0.1) is 19.8 Å². The number of halogens is 4. The number of hydrogen-bond acceptors (Lipinski definition) is 3. The summed E-state index contributed by atoms with van der Waals surface area (Å²) in [7, 11) is 1.53. The summed E-state index contributed by atoms with van der Waals surface area (Å²) in [5, 5.41) is 3.11. The van der Waals surface area contributed by atoms with Crippen molar-refractivity contribution in [3.63, 3.8) is 0 Å². The lowest BCUT2D eigenvalue weighted by atomic mass is 10.0. The van der Waals surface area contributed by atoms with Gasteiger partial charge in [-0.15, -0.1) is 0 Å². The average molecular weight is 370 g/mol. The fraction of sp³-hybridized carbons (Fsp3) is 0.571. The van der Waals surface area contributed by atoms with Crippen LogP contribution in [0.15, 0.2) is 16.6 Å². The van der Waals surface area contributed by atoms with E-state index in [2.05, 4.69) is 21.2 Å². The van der Waals surface area contributed by atoms with E-state index in [9.17, 15) is 13.2 Å². The molecule has 1 rings (SSSR count). The zero-order chi connectivity index (χ0) is 16.0. The van der Waals surface area contributed by atoms with Gasteiger partial charge in [-0.05, 0) is 31.2 Å². The molecule has 1 unspecified atom stereocenters. The van der Waals surface area contributed by atoms with Crippen LogP contribution in [0.1, 0.15) is 24.1 Å². The Balaban J connectivity index is 2.91. The van der Waals surface area contributed by atoms with Crippen LogP contribution in [0.2, 0.25) is 0 Å². The first-order chi connectivity index (χ1) is 9.78. The highest BCUT2D eigenvalue weighted by molar-refractivity contribution is 9.10. The van der Waals surface area contributed by atoms with Gasteiger partial charge in [0.1, 0.15) is 12.4 Å². The lowest BCUT2D eigenvalue weighted by Gasteiger charge is -2.22. The Labute approximate surface area is 130 Å². The molecule has 0 saturated carbocycles. The molecule has 0 heterocycles. The number of likely N-dealkylation sites (N-methyl/N-ethyl adjacent to an activating group) is 1. The molecular weight excluding hydrogens is 351 g/mol. The number of rotatable bonds is 7. The highest BCUT2D eigenvalue weighted by Gasteiger charge is 2.28. The van der Waals surface area contributed by atoms with E-state index in [1.165, 1.54) is 7.11 Å². The molecule has 0 bridgehead atoms. The highest BCUT2D eigenvalue weighted by Crippen LogP contribution is 2.31. The lowest BCUT2D eigenvalue weighted by Crippen LogP contribution is -2.28. The first-order valence-corrected chi connectivity index (χ1v) is 7.29. The van der Waals surface area contributed by atoms with Crippen LogP contribution in [0, 0.1) is 6.92 Å². The summed E-state index contributed by atoms with van der Waals surface area (Å²) in [6.07, 6.45) is -4.32. The molecule has 0 radical (unpaired) electrons. The number of nitrogens with one attached hydrogen (secondary N) is 1. The molecule has 1 N–H and O–H groups in total. The van der Waals surface area contributed by atoms with Crippen LogP contribution in [0.3, 0.4) is 0 Å². The molecule has 21 heavy (non-hydrogen) atoms. The number of ether oxygens (including phenoxy) is 2. The molecule has 0 fully saturated rings. The summed E-state index contributed by atoms with van der Waals surface area (Å²) in [4.78, 5) is 0. The Kier molecular flexibility index (Phi) is 6.96. The van der Waals surface area contributed by atoms with Gasteiger partial charge >= 0.3 is 6.18 Å². The standard InChI is InChI=1S/C14H19BrF3NO2/c1-4-19-12(7-21-8-14(16,17)18)10-6-11(15)9(2)5-13(10)20-3/h5-6,12,19H,4,7-8H2,1-3H3. The predicted octanol–water partition coefficient (Wildman–Crippen LogP) is 4.00. The van der Waals surface area contributed by atoms with E-state index in [1.54, 1.807) is 0 Å². The largest absolute Gasteiger partial charge is 0.496 e. The second-order valence-electron chi connectivity index (χ2n) is 4.58. The maximum absolute atomic E-state index is 12.2. The van der Waals surface area contributed by atoms with Gasteiger partial charge in [-0.3, -0.25) is 0 Å². The van der Waals surface area contributed by atoms with Crippen LogP contribution in [0.4, 0.5) is 13.2 Å². The number of methoxy groups -OCH3 is 1. The molecule has 0 aliphatic heterocycles. The average Bonchev–Trinajstić information content (AvgIpc) is 2.39. The molecular formula is C14H19BrF3NO2. The molecule has 7 heteroatoms. The second kappa shape index (κ2) is 8.00. The molecule has 120 valence electrons.